The fourth-order valence-corrected chi connectivity index (χ4v) is 2.93. The minimum absolute atomic E-state index is 0.400. The number of carboxylic acid groups (broad SMARTS) is 1. The number of hydrogen-bond donors (Lipinski definition) is 1. The van der Waals surface area contributed by atoms with Gasteiger partial charge in [0.15, 0.2) is 6.10 Å². The molecule has 1 heterocycles. The Morgan fingerprint density at radius 3 is 2.40 bits per heavy atom. The molecule has 0 radical (unpaired) electrons. The summed E-state index contributed by atoms with van der Waals surface area (Å²) in [6.07, 6.45) is 3.82. The van der Waals surface area contributed by atoms with Crippen LogP contribution in [-0.2, 0) is 9.53 Å². The van der Waals surface area contributed by atoms with Crippen LogP contribution in [0.1, 0.15) is 26.3 Å². The summed E-state index contributed by atoms with van der Waals surface area (Å²) in [6.45, 7) is 5.91. The van der Waals surface area contributed by atoms with Gasteiger partial charge in [0.25, 0.3) is 0 Å². The SMILES string of the molecule is COC(C(=O)O)C(/C(=C/c1ccc(Cl)cc1)n1cncn1)C(C)(C)C. The highest BCUT2D eigenvalue weighted by molar-refractivity contribution is 6.30. The molecule has 1 N–H and O–H groups in total. The predicted octanol–water partition coefficient (Wildman–Crippen LogP) is 3.69. The number of hydrogen-bond acceptors (Lipinski definition) is 4. The van der Waals surface area contributed by atoms with Crippen LogP contribution in [0, 0.1) is 11.3 Å². The first-order chi connectivity index (χ1) is 11.7. The van der Waals surface area contributed by atoms with Gasteiger partial charge in [-0.3, -0.25) is 0 Å². The van der Waals surface area contributed by atoms with Gasteiger partial charge in [-0.2, -0.15) is 5.10 Å². The Kier molecular flexibility index (Phi) is 5.98. The first kappa shape index (κ1) is 19.1. The van der Waals surface area contributed by atoms with Gasteiger partial charge in [0.1, 0.15) is 12.7 Å². The van der Waals surface area contributed by atoms with Crippen molar-refractivity contribution in [3.63, 3.8) is 0 Å². The van der Waals surface area contributed by atoms with Crippen molar-refractivity contribution in [2.75, 3.05) is 7.11 Å². The largest absolute Gasteiger partial charge is 0.479 e. The molecule has 0 saturated carbocycles. The molecule has 1 aromatic heterocycles. The molecule has 0 saturated heterocycles. The van der Waals surface area contributed by atoms with Gasteiger partial charge < -0.3 is 9.84 Å². The van der Waals surface area contributed by atoms with Crippen LogP contribution in [0.4, 0.5) is 0 Å². The molecule has 1 aromatic carbocycles. The molecule has 0 aliphatic carbocycles. The molecule has 25 heavy (non-hydrogen) atoms. The summed E-state index contributed by atoms with van der Waals surface area (Å²) in [5.74, 6) is -1.49. The number of carbonyl (C=O) groups is 1. The number of aromatic nitrogens is 3. The molecule has 0 fully saturated rings. The van der Waals surface area contributed by atoms with Gasteiger partial charge in [-0.1, -0.05) is 44.5 Å². The van der Waals surface area contributed by atoms with Crippen LogP contribution >= 0.6 is 11.6 Å². The molecule has 0 aliphatic rings. The maximum Gasteiger partial charge on any atom is 0.333 e. The van der Waals surface area contributed by atoms with Crippen LogP contribution in [0.25, 0.3) is 11.8 Å². The molecule has 0 aliphatic heterocycles. The fourth-order valence-electron chi connectivity index (χ4n) is 2.80. The lowest BCUT2D eigenvalue weighted by molar-refractivity contribution is -0.153. The van der Waals surface area contributed by atoms with Crippen molar-refractivity contribution in [3.8, 4) is 0 Å². The van der Waals surface area contributed by atoms with Crippen molar-refractivity contribution in [1.29, 1.82) is 0 Å². The monoisotopic (exact) mass is 363 g/mol. The van der Waals surface area contributed by atoms with E-state index in [0.717, 1.165) is 5.56 Å². The minimum atomic E-state index is -1.03. The summed E-state index contributed by atoms with van der Waals surface area (Å²) in [6, 6.07) is 7.29. The zero-order valence-corrected chi connectivity index (χ0v) is 15.4. The lowest BCUT2D eigenvalue weighted by Crippen LogP contribution is -2.41. The van der Waals surface area contributed by atoms with E-state index >= 15 is 0 Å². The van der Waals surface area contributed by atoms with Gasteiger partial charge in [-0.25, -0.2) is 14.5 Å². The summed E-state index contributed by atoms with van der Waals surface area (Å²) in [5, 5.41) is 14.5. The topological polar surface area (TPSA) is 77.2 Å². The highest BCUT2D eigenvalue weighted by atomic mass is 35.5. The van der Waals surface area contributed by atoms with Gasteiger partial charge in [0, 0.05) is 18.1 Å². The first-order valence-electron chi connectivity index (χ1n) is 7.82. The summed E-state index contributed by atoms with van der Waals surface area (Å²) < 4.78 is 6.90. The lowest BCUT2D eigenvalue weighted by atomic mass is 9.74. The van der Waals surface area contributed by atoms with Crippen molar-refractivity contribution in [2.24, 2.45) is 11.3 Å². The molecule has 0 spiro atoms. The molecule has 2 aromatic rings. The van der Waals surface area contributed by atoms with Gasteiger partial charge in [0.05, 0.1) is 5.70 Å². The zero-order valence-electron chi connectivity index (χ0n) is 14.7. The molecular formula is C18H22ClN3O3. The van der Waals surface area contributed by atoms with Crippen molar-refractivity contribution in [3.05, 3.63) is 47.5 Å². The number of halogens is 1. The third kappa shape index (κ3) is 4.67. The summed E-state index contributed by atoms with van der Waals surface area (Å²) >= 11 is 5.95. The lowest BCUT2D eigenvalue weighted by Gasteiger charge is -2.36. The number of benzene rings is 1. The molecular weight excluding hydrogens is 342 g/mol. The Balaban J connectivity index is 2.62. The number of carboxylic acids is 1. The Hall–Kier alpha value is -2.18. The van der Waals surface area contributed by atoms with Crippen LogP contribution in [0.5, 0.6) is 0 Å². The average molecular weight is 364 g/mol. The van der Waals surface area contributed by atoms with E-state index in [1.807, 2.05) is 39.0 Å². The van der Waals surface area contributed by atoms with E-state index in [-0.39, 0.29) is 0 Å². The standard InChI is InChI=1S/C18H22ClN3O3/c1-18(2,3)15(16(25-4)17(23)24)14(22-11-20-10-21-22)9-12-5-7-13(19)8-6-12/h5-11,15-16H,1-4H3,(H,23,24)/b14-9-. The maximum atomic E-state index is 11.8. The number of nitrogens with zero attached hydrogens (tertiary/aromatic N) is 3. The molecule has 2 atom stereocenters. The number of methoxy groups -OCH3 is 1. The van der Waals surface area contributed by atoms with E-state index in [4.69, 9.17) is 16.3 Å². The van der Waals surface area contributed by atoms with Gasteiger partial charge >= 0.3 is 5.97 Å². The Morgan fingerprint density at radius 2 is 1.96 bits per heavy atom. The quantitative estimate of drug-likeness (QED) is 0.846. The van der Waals surface area contributed by atoms with Crippen molar-refractivity contribution in [1.82, 2.24) is 14.8 Å². The first-order valence-corrected chi connectivity index (χ1v) is 8.19. The third-order valence-corrected chi connectivity index (χ3v) is 4.17. The maximum absolute atomic E-state index is 11.8. The second kappa shape index (κ2) is 7.80. The van der Waals surface area contributed by atoms with E-state index < -0.39 is 23.4 Å². The molecule has 0 amide bonds. The summed E-state index contributed by atoms with van der Waals surface area (Å²) in [7, 11) is 1.40. The van der Waals surface area contributed by atoms with Crippen molar-refractivity contribution >= 4 is 29.3 Å². The highest BCUT2D eigenvalue weighted by Crippen LogP contribution is 2.39. The van der Waals surface area contributed by atoms with Crippen LogP contribution < -0.4 is 0 Å². The minimum Gasteiger partial charge on any atom is -0.479 e. The molecule has 0 bridgehead atoms. The van der Waals surface area contributed by atoms with Crippen LogP contribution in [0.15, 0.2) is 36.9 Å². The van der Waals surface area contributed by atoms with Gasteiger partial charge in [-0.15, -0.1) is 0 Å². The molecule has 2 unspecified atom stereocenters. The average Bonchev–Trinajstić information content (AvgIpc) is 3.05. The second-order valence-corrected chi connectivity index (χ2v) is 7.24. The van der Waals surface area contributed by atoms with Gasteiger partial charge in [0.2, 0.25) is 0 Å². The Bertz CT molecular complexity index is 734. The van der Waals surface area contributed by atoms with Crippen LogP contribution in [0.3, 0.4) is 0 Å². The smallest absolute Gasteiger partial charge is 0.333 e. The van der Waals surface area contributed by atoms with E-state index in [1.165, 1.54) is 13.4 Å². The van der Waals surface area contributed by atoms with Gasteiger partial charge in [-0.05, 0) is 29.2 Å². The third-order valence-electron chi connectivity index (χ3n) is 3.92. The Morgan fingerprint density at radius 1 is 1.32 bits per heavy atom. The number of aliphatic carboxylic acids is 1. The van der Waals surface area contributed by atoms with Crippen molar-refractivity contribution in [2.45, 2.75) is 26.9 Å². The van der Waals surface area contributed by atoms with E-state index in [1.54, 1.807) is 23.1 Å². The number of rotatable bonds is 6. The van der Waals surface area contributed by atoms with E-state index in [2.05, 4.69) is 10.1 Å². The Labute approximate surface area is 152 Å². The second-order valence-electron chi connectivity index (χ2n) is 6.80. The molecule has 6 nitrogen and oxygen atoms in total. The molecule has 2 rings (SSSR count). The van der Waals surface area contributed by atoms with E-state index in [9.17, 15) is 9.90 Å². The predicted molar refractivity (Wildman–Crippen MR) is 97.0 cm³/mol. The number of ether oxygens (including phenoxy) is 1. The van der Waals surface area contributed by atoms with Crippen LogP contribution in [0.2, 0.25) is 5.02 Å². The summed E-state index contributed by atoms with van der Waals surface area (Å²) in [5.41, 5.74) is 1.16. The van der Waals surface area contributed by atoms with Crippen LogP contribution in [-0.4, -0.2) is 39.1 Å². The summed E-state index contributed by atoms with van der Waals surface area (Å²) in [4.78, 5) is 15.8. The zero-order chi connectivity index (χ0) is 18.6. The van der Waals surface area contributed by atoms with Crippen molar-refractivity contribution < 1.29 is 14.6 Å². The highest BCUT2D eigenvalue weighted by Gasteiger charge is 2.40. The van der Waals surface area contributed by atoms with E-state index in [0.29, 0.717) is 10.7 Å². The molecule has 134 valence electrons. The normalized spacial score (nSPS) is 15.0. The fraction of sp³-hybridized carbons (Fsp3) is 0.389. The molecule has 7 heteroatoms.